The maximum Gasteiger partial charge on any atom is 0.313 e. The van der Waals surface area contributed by atoms with E-state index in [1.54, 1.807) is 4.90 Å². The van der Waals surface area contributed by atoms with Gasteiger partial charge < -0.3 is 9.64 Å². The molecule has 0 saturated carbocycles. The number of anilines is 1. The molecule has 1 aromatic rings. The summed E-state index contributed by atoms with van der Waals surface area (Å²) in [5.41, 5.74) is 2.98. The van der Waals surface area contributed by atoms with Gasteiger partial charge >= 0.3 is 5.97 Å². The molecule has 1 aliphatic rings. The van der Waals surface area contributed by atoms with Gasteiger partial charge in [-0.1, -0.05) is 12.1 Å². The van der Waals surface area contributed by atoms with Crippen LogP contribution in [0.1, 0.15) is 24.0 Å². The first kappa shape index (κ1) is 15.2. The first-order valence-electron chi connectivity index (χ1n) is 6.90. The predicted molar refractivity (Wildman–Crippen MR) is 78.0 cm³/mol. The number of benzene rings is 1. The second kappa shape index (κ2) is 6.08. The SMILES string of the molecule is COC(=O)CC(=O)C1CC(=O)N(c2cccc(C)c2C)C1. The van der Waals surface area contributed by atoms with Crippen LogP contribution in [0.5, 0.6) is 0 Å². The van der Waals surface area contributed by atoms with Crippen molar-refractivity contribution in [2.45, 2.75) is 26.7 Å². The quantitative estimate of drug-likeness (QED) is 0.626. The number of carbonyl (C=O) groups is 3. The van der Waals surface area contributed by atoms with Crippen molar-refractivity contribution >= 4 is 23.3 Å². The van der Waals surface area contributed by atoms with Crippen LogP contribution >= 0.6 is 0 Å². The highest BCUT2D eigenvalue weighted by atomic mass is 16.5. The molecule has 0 radical (unpaired) electrons. The van der Waals surface area contributed by atoms with Crippen LogP contribution in [0.2, 0.25) is 0 Å². The number of amides is 1. The van der Waals surface area contributed by atoms with Crippen molar-refractivity contribution in [2.75, 3.05) is 18.6 Å². The van der Waals surface area contributed by atoms with Gasteiger partial charge in [0, 0.05) is 24.6 Å². The van der Waals surface area contributed by atoms with Gasteiger partial charge in [-0.05, 0) is 31.0 Å². The molecule has 1 amide bonds. The lowest BCUT2D eigenvalue weighted by Crippen LogP contribution is -2.27. The number of esters is 1. The number of nitrogens with zero attached hydrogens (tertiary/aromatic N) is 1. The highest BCUT2D eigenvalue weighted by Crippen LogP contribution is 2.30. The summed E-state index contributed by atoms with van der Waals surface area (Å²) in [5, 5.41) is 0. The van der Waals surface area contributed by atoms with E-state index in [9.17, 15) is 14.4 Å². The fourth-order valence-electron chi connectivity index (χ4n) is 2.54. The summed E-state index contributed by atoms with van der Waals surface area (Å²) in [7, 11) is 1.25. The molecule has 21 heavy (non-hydrogen) atoms. The zero-order chi connectivity index (χ0) is 15.6. The zero-order valence-electron chi connectivity index (χ0n) is 12.5. The number of methoxy groups -OCH3 is 1. The standard InChI is InChI=1S/C16H19NO4/c1-10-5-4-6-13(11(10)2)17-9-12(7-15(17)19)14(18)8-16(20)21-3/h4-6,12H,7-9H2,1-3H3. The molecule has 1 aromatic carbocycles. The maximum atomic E-state index is 12.2. The van der Waals surface area contributed by atoms with E-state index >= 15 is 0 Å². The van der Waals surface area contributed by atoms with Gasteiger partial charge in [0.1, 0.15) is 12.2 Å². The number of hydrogen-bond acceptors (Lipinski definition) is 4. The largest absolute Gasteiger partial charge is 0.469 e. The summed E-state index contributed by atoms with van der Waals surface area (Å²) in [4.78, 5) is 37.0. The smallest absolute Gasteiger partial charge is 0.313 e. The minimum absolute atomic E-state index is 0.0769. The number of rotatable bonds is 4. The van der Waals surface area contributed by atoms with Crippen LogP contribution in [0.25, 0.3) is 0 Å². The van der Waals surface area contributed by atoms with Gasteiger partial charge in [-0.25, -0.2) is 0 Å². The van der Waals surface area contributed by atoms with Crippen LogP contribution in [-0.2, 0) is 19.1 Å². The molecule has 1 heterocycles. The van der Waals surface area contributed by atoms with E-state index in [-0.39, 0.29) is 24.5 Å². The molecule has 0 N–H and O–H groups in total. The first-order chi connectivity index (χ1) is 9.93. The van der Waals surface area contributed by atoms with Gasteiger partial charge in [0.25, 0.3) is 0 Å². The Morgan fingerprint density at radius 1 is 1.33 bits per heavy atom. The minimum Gasteiger partial charge on any atom is -0.469 e. The minimum atomic E-state index is -0.558. The molecule has 2 rings (SSSR count). The summed E-state index contributed by atoms with van der Waals surface area (Å²) >= 11 is 0. The lowest BCUT2D eigenvalue weighted by atomic mass is 10.0. The number of ketones is 1. The Morgan fingerprint density at radius 2 is 2.05 bits per heavy atom. The van der Waals surface area contributed by atoms with Gasteiger partial charge in [0.15, 0.2) is 0 Å². The van der Waals surface area contributed by atoms with Crippen LogP contribution < -0.4 is 4.90 Å². The fraction of sp³-hybridized carbons (Fsp3) is 0.438. The highest BCUT2D eigenvalue weighted by molar-refractivity contribution is 6.04. The van der Waals surface area contributed by atoms with E-state index in [0.717, 1.165) is 16.8 Å². The van der Waals surface area contributed by atoms with Gasteiger partial charge in [-0.15, -0.1) is 0 Å². The lowest BCUT2D eigenvalue weighted by Gasteiger charge is -2.20. The van der Waals surface area contributed by atoms with Crippen LogP contribution in [-0.4, -0.2) is 31.3 Å². The van der Waals surface area contributed by atoms with E-state index < -0.39 is 11.9 Å². The van der Waals surface area contributed by atoms with Crippen molar-refractivity contribution in [1.29, 1.82) is 0 Å². The third kappa shape index (κ3) is 3.12. The van der Waals surface area contributed by atoms with E-state index in [4.69, 9.17) is 0 Å². The normalized spacial score (nSPS) is 18.0. The molecule has 1 atom stereocenters. The van der Waals surface area contributed by atoms with E-state index in [1.165, 1.54) is 7.11 Å². The summed E-state index contributed by atoms with van der Waals surface area (Å²) in [6.07, 6.45) is -0.113. The van der Waals surface area contributed by atoms with Crippen molar-refractivity contribution in [3.05, 3.63) is 29.3 Å². The Labute approximate surface area is 123 Å². The predicted octanol–water partition coefficient (Wildman–Crippen LogP) is 1.79. The number of carbonyl (C=O) groups excluding carboxylic acids is 3. The summed E-state index contributed by atoms with van der Waals surface area (Å²) in [6, 6.07) is 5.77. The highest BCUT2D eigenvalue weighted by Gasteiger charge is 2.36. The van der Waals surface area contributed by atoms with Crippen molar-refractivity contribution in [2.24, 2.45) is 5.92 Å². The second-order valence-electron chi connectivity index (χ2n) is 5.34. The van der Waals surface area contributed by atoms with Crippen LogP contribution in [0.3, 0.4) is 0 Å². The van der Waals surface area contributed by atoms with Gasteiger partial charge in [-0.2, -0.15) is 0 Å². The average Bonchev–Trinajstić information content (AvgIpc) is 2.83. The lowest BCUT2D eigenvalue weighted by molar-refractivity contribution is -0.144. The molecule has 0 spiro atoms. The summed E-state index contributed by atoms with van der Waals surface area (Å²) in [6.45, 7) is 4.28. The Kier molecular flexibility index (Phi) is 4.40. The van der Waals surface area contributed by atoms with E-state index in [0.29, 0.717) is 6.54 Å². The Morgan fingerprint density at radius 3 is 2.71 bits per heavy atom. The van der Waals surface area contributed by atoms with Crippen molar-refractivity contribution in [1.82, 2.24) is 0 Å². The van der Waals surface area contributed by atoms with E-state index in [1.807, 2.05) is 32.0 Å². The van der Waals surface area contributed by atoms with E-state index in [2.05, 4.69) is 4.74 Å². The molecule has 0 bridgehead atoms. The molecule has 0 aromatic heterocycles. The third-order valence-electron chi connectivity index (χ3n) is 3.99. The van der Waals surface area contributed by atoms with Gasteiger partial charge in [-0.3, -0.25) is 14.4 Å². The zero-order valence-corrected chi connectivity index (χ0v) is 12.5. The Balaban J connectivity index is 2.15. The molecular weight excluding hydrogens is 270 g/mol. The molecule has 1 unspecified atom stereocenters. The Hall–Kier alpha value is -2.17. The number of ether oxygens (including phenoxy) is 1. The molecule has 5 heteroatoms. The number of hydrogen-bond donors (Lipinski definition) is 0. The van der Waals surface area contributed by atoms with Crippen LogP contribution in [0.4, 0.5) is 5.69 Å². The maximum absolute atomic E-state index is 12.2. The number of Topliss-reactive ketones (excluding diaryl/α,β-unsaturated/α-hetero) is 1. The molecule has 5 nitrogen and oxygen atoms in total. The number of aryl methyl sites for hydroxylation is 1. The van der Waals surface area contributed by atoms with Crippen LogP contribution in [0, 0.1) is 19.8 Å². The molecule has 1 aliphatic heterocycles. The molecule has 1 fully saturated rings. The monoisotopic (exact) mass is 289 g/mol. The molecule has 1 saturated heterocycles. The third-order valence-corrected chi connectivity index (χ3v) is 3.99. The second-order valence-corrected chi connectivity index (χ2v) is 5.34. The first-order valence-corrected chi connectivity index (χ1v) is 6.90. The van der Waals surface area contributed by atoms with Crippen LogP contribution in [0.15, 0.2) is 18.2 Å². The van der Waals surface area contributed by atoms with Crippen molar-refractivity contribution in [3.63, 3.8) is 0 Å². The average molecular weight is 289 g/mol. The summed E-state index contributed by atoms with van der Waals surface area (Å²) in [5.74, 6) is -1.30. The molecule has 0 aliphatic carbocycles. The summed E-state index contributed by atoms with van der Waals surface area (Å²) < 4.78 is 4.50. The van der Waals surface area contributed by atoms with Crippen molar-refractivity contribution in [3.8, 4) is 0 Å². The molecular formula is C16H19NO4. The topological polar surface area (TPSA) is 63.7 Å². The molecule has 112 valence electrons. The van der Waals surface area contributed by atoms with Crippen molar-refractivity contribution < 1.29 is 19.1 Å². The van der Waals surface area contributed by atoms with Gasteiger partial charge in [0.05, 0.1) is 7.11 Å². The Bertz CT molecular complexity index is 594. The fourth-order valence-corrected chi connectivity index (χ4v) is 2.54. The van der Waals surface area contributed by atoms with Gasteiger partial charge in [0.2, 0.25) is 5.91 Å².